The van der Waals surface area contributed by atoms with E-state index in [1.165, 1.54) is 11.6 Å². The third kappa shape index (κ3) is 3.06. The molecule has 0 bridgehead atoms. The zero-order valence-electron chi connectivity index (χ0n) is 9.91. The third-order valence-corrected chi connectivity index (χ3v) is 4.59. The lowest BCUT2D eigenvalue weighted by Crippen LogP contribution is -1.91. The third-order valence-electron chi connectivity index (χ3n) is 2.58. The number of nitrogen functional groups attached to an aromatic ring is 1. The summed E-state index contributed by atoms with van der Waals surface area (Å²) in [7, 11) is 0. The number of hydrogen-bond acceptors (Lipinski definition) is 2. The van der Waals surface area contributed by atoms with Crippen molar-refractivity contribution in [3.63, 3.8) is 0 Å². The summed E-state index contributed by atoms with van der Waals surface area (Å²) < 4.78 is 13.9. The van der Waals surface area contributed by atoms with Gasteiger partial charge in [-0.25, -0.2) is 4.39 Å². The first-order valence-corrected chi connectivity index (χ1v) is 7.27. The van der Waals surface area contributed by atoms with E-state index >= 15 is 0 Å². The number of halogens is 2. The number of thioether (sulfide) groups is 1. The fraction of sp³-hybridized carbons (Fsp3) is 0.143. The smallest absolute Gasteiger partial charge is 0.137 e. The highest BCUT2D eigenvalue weighted by Crippen LogP contribution is 2.31. The molecule has 0 aliphatic rings. The van der Waals surface area contributed by atoms with Crippen molar-refractivity contribution in [2.75, 3.05) is 5.73 Å². The first kappa shape index (κ1) is 13.4. The number of aryl methyl sites for hydroxylation is 1. The Hall–Kier alpha value is -1.00. The molecule has 1 nitrogen and oxygen atoms in total. The monoisotopic (exact) mass is 325 g/mol. The standard InChI is InChI=1S/C14H13BrFNS/c1-9-5-6-12(17)13(7-9)18-8-10-3-2-4-11(16)14(10)15/h2-7H,8,17H2,1H3. The maximum Gasteiger partial charge on any atom is 0.137 e. The summed E-state index contributed by atoms with van der Waals surface area (Å²) in [6.45, 7) is 2.03. The molecule has 0 saturated heterocycles. The van der Waals surface area contributed by atoms with Crippen molar-refractivity contribution in [2.45, 2.75) is 17.6 Å². The van der Waals surface area contributed by atoms with Crippen LogP contribution in [0.15, 0.2) is 45.8 Å². The molecule has 4 heteroatoms. The van der Waals surface area contributed by atoms with Gasteiger partial charge in [-0.1, -0.05) is 18.2 Å². The minimum Gasteiger partial charge on any atom is -0.398 e. The zero-order valence-corrected chi connectivity index (χ0v) is 12.3. The summed E-state index contributed by atoms with van der Waals surface area (Å²) in [5, 5.41) is 0. The Morgan fingerprint density at radius 1 is 1.28 bits per heavy atom. The van der Waals surface area contributed by atoms with Gasteiger partial charge in [-0.15, -0.1) is 11.8 Å². The topological polar surface area (TPSA) is 26.0 Å². The molecule has 0 spiro atoms. The van der Waals surface area contributed by atoms with Gasteiger partial charge in [-0.3, -0.25) is 0 Å². The first-order chi connectivity index (χ1) is 8.58. The van der Waals surface area contributed by atoms with Crippen LogP contribution in [0.5, 0.6) is 0 Å². The quantitative estimate of drug-likeness (QED) is 0.649. The van der Waals surface area contributed by atoms with Gasteiger partial charge < -0.3 is 5.73 Å². The fourth-order valence-electron chi connectivity index (χ4n) is 1.58. The molecular weight excluding hydrogens is 313 g/mol. The normalized spacial score (nSPS) is 10.6. The van der Waals surface area contributed by atoms with Gasteiger partial charge in [0.05, 0.1) is 4.47 Å². The van der Waals surface area contributed by atoms with Crippen molar-refractivity contribution in [3.8, 4) is 0 Å². The van der Waals surface area contributed by atoms with Gasteiger partial charge in [0.2, 0.25) is 0 Å². The van der Waals surface area contributed by atoms with E-state index in [0.29, 0.717) is 10.2 Å². The summed E-state index contributed by atoms with van der Waals surface area (Å²) in [6.07, 6.45) is 0. The second kappa shape index (κ2) is 5.76. The number of benzene rings is 2. The molecule has 0 saturated carbocycles. The van der Waals surface area contributed by atoms with E-state index < -0.39 is 0 Å². The van der Waals surface area contributed by atoms with E-state index in [2.05, 4.69) is 15.9 Å². The predicted molar refractivity (Wildman–Crippen MR) is 79.3 cm³/mol. The Morgan fingerprint density at radius 3 is 2.83 bits per heavy atom. The molecule has 18 heavy (non-hydrogen) atoms. The molecular formula is C14H13BrFNS. The van der Waals surface area contributed by atoms with Gasteiger partial charge >= 0.3 is 0 Å². The molecule has 0 heterocycles. The molecule has 0 fully saturated rings. The molecule has 0 atom stereocenters. The van der Waals surface area contributed by atoms with Crippen LogP contribution in [0.1, 0.15) is 11.1 Å². The molecule has 0 radical (unpaired) electrons. The molecule has 0 unspecified atom stereocenters. The van der Waals surface area contributed by atoms with Crippen LogP contribution in [0.25, 0.3) is 0 Å². The molecule has 0 aliphatic carbocycles. The molecule has 0 amide bonds. The number of hydrogen-bond donors (Lipinski definition) is 1. The summed E-state index contributed by atoms with van der Waals surface area (Å²) in [6, 6.07) is 11.0. The van der Waals surface area contributed by atoms with Crippen molar-refractivity contribution in [1.29, 1.82) is 0 Å². The van der Waals surface area contributed by atoms with E-state index in [1.54, 1.807) is 17.8 Å². The summed E-state index contributed by atoms with van der Waals surface area (Å²) >= 11 is 4.88. The average Bonchev–Trinajstić information content (AvgIpc) is 2.35. The summed E-state index contributed by atoms with van der Waals surface area (Å²) in [5.74, 6) is 0.455. The predicted octanol–water partition coefficient (Wildman–Crippen LogP) is 4.77. The van der Waals surface area contributed by atoms with E-state index in [0.717, 1.165) is 16.1 Å². The molecule has 0 aromatic heterocycles. The van der Waals surface area contributed by atoms with Crippen molar-refractivity contribution >= 4 is 33.4 Å². The second-order valence-electron chi connectivity index (χ2n) is 4.04. The van der Waals surface area contributed by atoms with Crippen molar-refractivity contribution in [1.82, 2.24) is 0 Å². The van der Waals surface area contributed by atoms with E-state index in [4.69, 9.17) is 5.73 Å². The van der Waals surface area contributed by atoms with Crippen LogP contribution in [-0.2, 0) is 5.75 Å². The fourth-order valence-corrected chi connectivity index (χ4v) is 3.23. The average molecular weight is 326 g/mol. The second-order valence-corrected chi connectivity index (χ2v) is 5.85. The Morgan fingerprint density at radius 2 is 2.06 bits per heavy atom. The number of nitrogens with two attached hydrogens (primary N) is 1. The van der Waals surface area contributed by atoms with Crippen LogP contribution >= 0.6 is 27.7 Å². The highest BCUT2D eigenvalue weighted by molar-refractivity contribution is 9.10. The van der Waals surface area contributed by atoms with E-state index in [1.807, 2.05) is 31.2 Å². The molecule has 2 N–H and O–H groups in total. The lowest BCUT2D eigenvalue weighted by molar-refractivity contribution is 0.619. The highest BCUT2D eigenvalue weighted by Gasteiger charge is 2.07. The zero-order chi connectivity index (χ0) is 13.1. The molecule has 2 rings (SSSR count). The molecule has 94 valence electrons. The highest BCUT2D eigenvalue weighted by atomic mass is 79.9. The minimum absolute atomic E-state index is 0.231. The molecule has 0 aliphatic heterocycles. The van der Waals surface area contributed by atoms with Crippen molar-refractivity contribution < 1.29 is 4.39 Å². The molecule has 2 aromatic carbocycles. The van der Waals surface area contributed by atoms with Crippen molar-refractivity contribution in [2.24, 2.45) is 0 Å². The SMILES string of the molecule is Cc1ccc(N)c(SCc2cccc(F)c2Br)c1. The summed E-state index contributed by atoms with van der Waals surface area (Å²) in [4.78, 5) is 1.03. The van der Waals surface area contributed by atoms with Gasteiger partial charge in [0.15, 0.2) is 0 Å². The Kier molecular flexibility index (Phi) is 4.30. The van der Waals surface area contributed by atoms with Crippen LogP contribution in [0, 0.1) is 12.7 Å². The van der Waals surface area contributed by atoms with Crippen LogP contribution in [0.4, 0.5) is 10.1 Å². The van der Waals surface area contributed by atoms with Crippen LogP contribution in [0.3, 0.4) is 0 Å². The maximum absolute atomic E-state index is 13.4. The van der Waals surface area contributed by atoms with Gasteiger partial charge in [0.1, 0.15) is 5.82 Å². The maximum atomic E-state index is 13.4. The number of rotatable bonds is 3. The summed E-state index contributed by atoms with van der Waals surface area (Å²) in [5.41, 5.74) is 8.78. The lowest BCUT2D eigenvalue weighted by atomic mass is 10.2. The van der Waals surface area contributed by atoms with Gasteiger partial charge in [-0.05, 0) is 52.2 Å². The Bertz CT molecular complexity index is 570. The Labute approximate surface area is 119 Å². The van der Waals surface area contributed by atoms with Crippen LogP contribution in [0.2, 0.25) is 0 Å². The van der Waals surface area contributed by atoms with E-state index in [-0.39, 0.29) is 5.82 Å². The molecule has 2 aromatic rings. The van der Waals surface area contributed by atoms with Gasteiger partial charge in [0, 0.05) is 16.3 Å². The van der Waals surface area contributed by atoms with Crippen LogP contribution in [-0.4, -0.2) is 0 Å². The van der Waals surface area contributed by atoms with E-state index in [9.17, 15) is 4.39 Å². The van der Waals surface area contributed by atoms with Gasteiger partial charge in [0.25, 0.3) is 0 Å². The number of anilines is 1. The largest absolute Gasteiger partial charge is 0.398 e. The minimum atomic E-state index is -0.231. The van der Waals surface area contributed by atoms with Gasteiger partial charge in [-0.2, -0.15) is 0 Å². The Balaban J connectivity index is 2.16. The lowest BCUT2D eigenvalue weighted by Gasteiger charge is -2.08. The van der Waals surface area contributed by atoms with Crippen molar-refractivity contribution in [3.05, 3.63) is 57.8 Å². The van der Waals surface area contributed by atoms with Crippen LogP contribution < -0.4 is 5.73 Å². The first-order valence-electron chi connectivity index (χ1n) is 5.50.